The second-order valence-electron chi connectivity index (χ2n) is 9.78. The van der Waals surface area contributed by atoms with Gasteiger partial charge in [0.2, 0.25) is 0 Å². The molecule has 0 N–H and O–H groups in total. The molecule has 0 atom stereocenters. The lowest BCUT2D eigenvalue weighted by Gasteiger charge is -2.28. The van der Waals surface area contributed by atoms with Crippen LogP contribution in [0.1, 0.15) is 119 Å². The van der Waals surface area contributed by atoms with Crippen LogP contribution in [0.5, 0.6) is 5.88 Å². The SMILES string of the molecule is Cc1ncc2c(OS(=O)(=O)C(F)(F)F)nc(C3CCCCCCC3)c(C3CCCCCCC3)n12. The molecule has 0 aromatic carbocycles. The number of hydrogen-bond acceptors (Lipinski definition) is 5. The fraction of sp³-hybridized carbons (Fsp3) is 0.750. The molecule has 0 spiro atoms. The van der Waals surface area contributed by atoms with Crippen LogP contribution < -0.4 is 4.18 Å². The molecule has 0 radical (unpaired) electrons. The van der Waals surface area contributed by atoms with Gasteiger partial charge in [-0.2, -0.15) is 21.6 Å². The van der Waals surface area contributed by atoms with Gasteiger partial charge in [0, 0.05) is 17.5 Å². The Morgan fingerprint density at radius 1 is 0.882 bits per heavy atom. The van der Waals surface area contributed by atoms with Crippen molar-refractivity contribution in [1.82, 2.24) is 14.4 Å². The van der Waals surface area contributed by atoms with Crippen molar-refractivity contribution in [1.29, 1.82) is 0 Å². The van der Waals surface area contributed by atoms with Gasteiger partial charge in [-0.05, 0) is 32.6 Å². The van der Waals surface area contributed by atoms with Crippen molar-refractivity contribution in [3.8, 4) is 5.88 Å². The highest BCUT2D eigenvalue weighted by atomic mass is 32.2. The smallest absolute Gasteiger partial charge is 0.353 e. The first kappa shape index (κ1) is 25.3. The Kier molecular flexibility index (Phi) is 7.74. The lowest BCUT2D eigenvalue weighted by atomic mass is 9.82. The highest BCUT2D eigenvalue weighted by Crippen LogP contribution is 2.41. The molecule has 0 unspecified atom stereocenters. The second-order valence-corrected chi connectivity index (χ2v) is 11.3. The highest BCUT2D eigenvalue weighted by Gasteiger charge is 2.49. The van der Waals surface area contributed by atoms with Gasteiger partial charge in [0.05, 0.1) is 11.9 Å². The molecule has 2 aromatic rings. The third-order valence-corrected chi connectivity index (χ3v) is 8.28. The zero-order valence-electron chi connectivity index (χ0n) is 19.7. The van der Waals surface area contributed by atoms with E-state index in [-0.39, 0.29) is 17.4 Å². The van der Waals surface area contributed by atoms with Gasteiger partial charge in [0.25, 0.3) is 5.88 Å². The van der Waals surface area contributed by atoms with Gasteiger partial charge in [-0.1, -0.05) is 64.2 Å². The summed E-state index contributed by atoms with van der Waals surface area (Å²) in [5.41, 5.74) is -3.65. The Balaban J connectivity index is 1.89. The molecule has 0 saturated heterocycles. The largest absolute Gasteiger partial charge is 0.534 e. The van der Waals surface area contributed by atoms with Gasteiger partial charge >= 0.3 is 15.6 Å². The van der Waals surface area contributed by atoms with Crippen molar-refractivity contribution >= 4 is 15.6 Å². The molecule has 0 amide bonds. The summed E-state index contributed by atoms with van der Waals surface area (Å²) in [6, 6.07) is 0. The average molecular weight is 502 g/mol. The number of hydrogen-bond donors (Lipinski definition) is 0. The Hall–Kier alpha value is -1.84. The number of imidazole rings is 1. The summed E-state index contributed by atoms with van der Waals surface area (Å²) in [6.45, 7) is 1.80. The molecule has 2 aliphatic carbocycles. The maximum Gasteiger partial charge on any atom is 0.534 e. The van der Waals surface area contributed by atoms with Crippen LogP contribution in [-0.2, 0) is 10.1 Å². The zero-order chi connectivity index (χ0) is 24.3. The third-order valence-electron chi connectivity index (χ3n) is 7.34. The maximum absolute atomic E-state index is 13.2. The number of alkyl halides is 3. The van der Waals surface area contributed by atoms with Crippen LogP contribution >= 0.6 is 0 Å². The molecule has 6 nitrogen and oxygen atoms in total. The van der Waals surface area contributed by atoms with Crippen molar-refractivity contribution in [2.75, 3.05) is 0 Å². The van der Waals surface area contributed by atoms with Gasteiger partial charge in [0.1, 0.15) is 11.3 Å². The summed E-state index contributed by atoms with van der Waals surface area (Å²) in [4.78, 5) is 8.91. The van der Waals surface area contributed by atoms with E-state index in [0.29, 0.717) is 11.5 Å². The summed E-state index contributed by atoms with van der Waals surface area (Å²) in [5, 5.41) is 0. The molecular formula is C24H34F3N3O3S. The van der Waals surface area contributed by atoms with E-state index < -0.39 is 21.5 Å². The molecule has 2 saturated carbocycles. The van der Waals surface area contributed by atoms with Gasteiger partial charge in [-0.25, -0.2) is 9.97 Å². The van der Waals surface area contributed by atoms with Crippen LogP contribution in [-0.4, -0.2) is 28.3 Å². The molecule has 2 fully saturated rings. The first-order valence-corrected chi connectivity index (χ1v) is 14.0. The minimum absolute atomic E-state index is 0.0582. The van der Waals surface area contributed by atoms with Crippen molar-refractivity contribution < 1.29 is 25.8 Å². The number of fused-ring (bicyclic) bond motifs is 1. The fourth-order valence-electron chi connectivity index (χ4n) is 5.60. The first-order valence-electron chi connectivity index (χ1n) is 12.6. The summed E-state index contributed by atoms with van der Waals surface area (Å²) in [6.07, 6.45) is 16.3. The van der Waals surface area contributed by atoms with Crippen LogP contribution in [0.25, 0.3) is 5.52 Å². The Bertz CT molecular complexity index is 1080. The molecule has 190 valence electrons. The lowest BCUT2D eigenvalue weighted by molar-refractivity contribution is -0.0501. The molecule has 10 heteroatoms. The highest BCUT2D eigenvalue weighted by molar-refractivity contribution is 7.88. The van der Waals surface area contributed by atoms with E-state index >= 15 is 0 Å². The number of halogens is 3. The van der Waals surface area contributed by atoms with Crippen molar-refractivity contribution in [3.63, 3.8) is 0 Å². The minimum atomic E-state index is -5.85. The normalized spacial score (nSPS) is 20.5. The molecule has 2 aliphatic rings. The summed E-state index contributed by atoms with van der Waals surface area (Å²) in [5.74, 6) is 0.347. The van der Waals surface area contributed by atoms with Gasteiger partial charge < -0.3 is 4.18 Å². The lowest BCUT2D eigenvalue weighted by Crippen LogP contribution is -2.29. The summed E-state index contributed by atoms with van der Waals surface area (Å²) >= 11 is 0. The maximum atomic E-state index is 13.2. The topological polar surface area (TPSA) is 73.6 Å². The van der Waals surface area contributed by atoms with Crippen LogP contribution in [0.4, 0.5) is 13.2 Å². The fourth-order valence-corrected chi connectivity index (χ4v) is 6.03. The number of nitrogens with zero attached hydrogens (tertiary/aromatic N) is 3. The van der Waals surface area contributed by atoms with Crippen LogP contribution in [0.2, 0.25) is 0 Å². The van der Waals surface area contributed by atoms with Crippen LogP contribution in [0.15, 0.2) is 6.20 Å². The van der Waals surface area contributed by atoms with Gasteiger partial charge in [-0.3, -0.25) is 4.40 Å². The van der Waals surface area contributed by atoms with Crippen LogP contribution in [0.3, 0.4) is 0 Å². The Morgan fingerprint density at radius 3 is 1.91 bits per heavy atom. The van der Waals surface area contributed by atoms with E-state index in [1.807, 2.05) is 4.40 Å². The van der Waals surface area contributed by atoms with Gasteiger partial charge in [0.15, 0.2) is 0 Å². The standard InChI is InChI=1S/C24H34F3N3O3S/c1-17-28-16-20-23(33-34(31,32)24(25,26)27)29-21(18-12-8-4-2-5-9-13-18)22(30(17)20)19-14-10-6-3-7-11-15-19/h16,18-19H,2-15H2,1H3. The van der Waals surface area contributed by atoms with E-state index in [1.54, 1.807) is 6.92 Å². The summed E-state index contributed by atoms with van der Waals surface area (Å²) in [7, 11) is -5.85. The molecule has 34 heavy (non-hydrogen) atoms. The zero-order valence-corrected chi connectivity index (χ0v) is 20.6. The molecule has 0 aliphatic heterocycles. The molecule has 4 rings (SSSR count). The predicted molar refractivity (Wildman–Crippen MR) is 123 cm³/mol. The minimum Gasteiger partial charge on any atom is -0.353 e. The number of rotatable bonds is 4. The van der Waals surface area contributed by atoms with Gasteiger partial charge in [-0.15, -0.1) is 0 Å². The second kappa shape index (κ2) is 10.4. The average Bonchev–Trinajstić information content (AvgIpc) is 3.09. The van der Waals surface area contributed by atoms with Crippen molar-refractivity contribution in [3.05, 3.63) is 23.4 Å². The van der Waals surface area contributed by atoms with Crippen LogP contribution in [0, 0.1) is 6.92 Å². The van der Waals surface area contributed by atoms with E-state index in [4.69, 9.17) is 0 Å². The molecular weight excluding hydrogens is 467 g/mol. The first-order chi connectivity index (χ1) is 16.2. The van der Waals surface area contributed by atoms with E-state index in [0.717, 1.165) is 69.9 Å². The predicted octanol–water partition coefficient (Wildman–Crippen LogP) is 6.92. The van der Waals surface area contributed by atoms with E-state index in [1.165, 1.54) is 31.9 Å². The van der Waals surface area contributed by atoms with E-state index in [2.05, 4.69) is 14.2 Å². The Morgan fingerprint density at radius 2 is 1.38 bits per heavy atom. The number of aryl methyl sites for hydroxylation is 1. The third kappa shape index (κ3) is 5.36. The molecule has 2 heterocycles. The summed E-state index contributed by atoms with van der Waals surface area (Å²) < 4.78 is 69.8. The molecule has 2 aromatic heterocycles. The Labute approximate surface area is 199 Å². The quantitative estimate of drug-likeness (QED) is 0.336. The number of aromatic nitrogens is 3. The van der Waals surface area contributed by atoms with Crippen molar-refractivity contribution in [2.24, 2.45) is 0 Å². The van der Waals surface area contributed by atoms with E-state index in [9.17, 15) is 21.6 Å². The molecule has 0 bridgehead atoms. The monoisotopic (exact) mass is 501 g/mol. The van der Waals surface area contributed by atoms with Crippen molar-refractivity contribution in [2.45, 2.75) is 114 Å².